The van der Waals surface area contributed by atoms with Crippen LogP contribution < -0.4 is 5.43 Å². The first-order chi connectivity index (χ1) is 10.8. The van der Waals surface area contributed by atoms with Crippen LogP contribution in [-0.4, -0.2) is 49.9 Å². The Morgan fingerprint density at radius 1 is 1.17 bits per heavy atom. The van der Waals surface area contributed by atoms with Crippen LogP contribution in [0.3, 0.4) is 0 Å². The van der Waals surface area contributed by atoms with Gasteiger partial charge in [-0.2, -0.15) is 5.10 Å². The van der Waals surface area contributed by atoms with Crippen LogP contribution in [-0.2, 0) is 9.53 Å². The first-order valence-corrected chi connectivity index (χ1v) is 7.43. The number of hydrazone groups is 1. The molecule has 1 saturated heterocycles. The molecule has 0 unspecified atom stereocenters. The van der Waals surface area contributed by atoms with Gasteiger partial charge in [-0.25, -0.2) is 5.43 Å². The highest BCUT2D eigenvalue weighted by atomic mass is 35.5. The van der Waals surface area contributed by atoms with Gasteiger partial charge in [-0.15, -0.1) is 12.4 Å². The largest absolute Gasteiger partial charge is 0.379 e. The summed E-state index contributed by atoms with van der Waals surface area (Å²) in [6.45, 7) is 3.32. The molecule has 1 aliphatic heterocycles. The number of amides is 1. The SMILES string of the molecule is Cl.O=C(CN1CCOCC1)NN=Cc1cccc2ccccc12. The molecule has 1 N–H and O–H groups in total. The van der Waals surface area contributed by atoms with Gasteiger partial charge >= 0.3 is 0 Å². The van der Waals surface area contributed by atoms with E-state index in [4.69, 9.17) is 4.74 Å². The Balaban J connectivity index is 0.00000192. The smallest absolute Gasteiger partial charge is 0.254 e. The average Bonchev–Trinajstić information content (AvgIpc) is 2.56. The highest BCUT2D eigenvalue weighted by Gasteiger charge is 2.13. The predicted molar refractivity (Wildman–Crippen MR) is 94.2 cm³/mol. The molecule has 122 valence electrons. The van der Waals surface area contributed by atoms with E-state index in [0.717, 1.165) is 29.4 Å². The predicted octanol–water partition coefficient (Wildman–Crippen LogP) is 2.04. The second-order valence-electron chi connectivity index (χ2n) is 5.25. The second kappa shape index (κ2) is 8.62. The molecule has 2 aromatic rings. The van der Waals surface area contributed by atoms with Gasteiger partial charge in [0, 0.05) is 18.7 Å². The highest BCUT2D eigenvalue weighted by Crippen LogP contribution is 2.16. The van der Waals surface area contributed by atoms with Crippen molar-refractivity contribution >= 4 is 35.3 Å². The molecule has 0 aromatic heterocycles. The Hall–Kier alpha value is -1.95. The van der Waals surface area contributed by atoms with Gasteiger partial charge in [0.15, 0.2) is 0 Å². The Morgan fingerprint density at radius 3 is 2.74 bits per heavy atom. The fourth-order valence-corrected chi connectivity index (χ4v) is 2.53. The zero-order valence-corrected chi connectivity index (χ0v) is 13.6. The molecule has 0 aliphatic carbocycles. The number of rotatable bonds is 4. The van der Waals surface area contributed by atoms with E-state index < -0.39 is 0 Å². The highest BCUT2D eigenvalue weighted by molar-refractivity contribution is 5.99. The monoisotopic (exact) mass is 333 g/mol. The van der Waals surface area contributed by atoms with Gasteiger partial charge in [-0.05, 0) is 10.8 Å². The maximum Gasteiger partial charge on any atom is 0.254 e. The average molecular weight is 334 g/mol. The van der Waals surface area contributed by atoms with Crippen molar-refractivity contribution in [1.82, 2.24) is 10.3 Å². The Labute approximate surface area is 141 Å². The van der Waals surface area contributed by atoms with E-state index in [1.54, 1.807) is 6.21 Å². The van der Waals surface area contributed by atoms with Crippen LogP contribution in [0.15, 0.2) is 47.6 Å². The van der Waals surface area contributed by atoms with Crippen molar-refractivity contribution < 1.29 is 9.53 Å². The summed E-state index contributed by atoms with van der Waals surface area (Å²) < 4.78 is 5.26. The van der Waals surface area contributed by atoms with E-state index in [9.17, 15) is 4.79 Å². The van der Waals surface area contributed by atoms with E-state index in [2.05, 4.69) is 27.6 Å². The number of carbonyl (C=O) groups excluding carboxylic acids is 1. The molecular formula is C17H20ClN3O2. The lowest BCUT2D eigenvalue weighted by Gasteiger charge is -2.25. The number of carbonyl (C=O) groups is 1. The quantitative estimate of drug-likeness (QED) is 0.688. The molecule has 1 aliphatic rings. The summed E-state index contributed by atoms with van der Waals surface area (Å²) in [5, 5.41) is 6.35. The van der Waals surface area contributed by atoms with E-state index in [-0.39, 0.29) is 18.3 Å². The lowest BCUT2D eigenvalue weighted by atomic mass is 10.1. The number of halogens is 1. The molecule has 0 atom stereocenters. The fourth-order valence-electron chi connectivity index (χ4n) is 2.53. The molecule has 2 aromatic carbocycles. The Kier molecular flexibility index (Phi) is 6.52. The van der Waals surface area contributed by atoms with Crippen molar-refractivity contribution in [3.63, 3.8) is 0 Å². The van der Waals surface area contributed by atoms with Crippen molar-refractivity contribution in [2.75, 3.05) is 32.8 Å². The third kappa shape index (κ3) is 4.76. The van der Waals surface area contributed by atoms with Crippen LogP contribution in [0, 0.1) is 0 Å². The van der Waals surface area contributed by atoms with Gasteiger partial charge in [0.05, 0.1) is 26.0 Å². The molecule has 0 spiro atoms. The second-order valence-corrected chi connectivity index (χ2v) is 5.25. The maximum atomic E-state index is 11.9. The molecule has 1 fully saturated rings. The number of nitrogens with one attached hydrogen (secondary N) is 1. The molecule has 1 heterocycles. The van der Waals surface area contributed by atoms with Gasteiger partial charge in [0.1, 0.15) is 0 Å². The lowest BCUT2D eigenvalue weighted by Crippen LogP contribution is -2.42. The number of nitrogens with zero attached hydrogens (tertiary/aromatic N) is 2. The van der Waals surface area contributed by atoms with Gasteiger partial charge < -0.3 is 4.74 Å². The molecule has 6 heteroatoms. The number of morpholine rings is 1. The van der Waals surface area contributed by atoms with Crippen molar-refractivity contribution in [3.8, 4) is 0 Å². The van der Waals surface area contributed by atoms with Crippen molar-refractivity contribution in [1.29, 1.82) is 0 Å². The van der Waals surface area contributed by atoms with E-state index in [1.165, 1.54) is 0 Å². The molecule has 0 radical (unpaired) electrons. The van der Waals surface area contributed by atoms with Crippen molar-refractivity contribution in [2.24, 2.45) is 5.10 Å². The first kappa shape index (κ1) is 17.4. The first-order valence-electron chi connectivity index (χ1n) is 7.43. The topological polar surface area (TPSA) is 53.9 Å². The molecular weight excluding hydrogens is 314 g/mol. The minimum absolute atomic E-state index is 0. The van der Waals surface area contributed by atoms with Crippen LogP contribution in [0.25, 0.3) is 10.8 Å². The van der Waals surface area contributed by atoms with Gasteiger partial charge in [-0.3, -0.25) is 9.69 Å². The van der Waals surface area contributed by atoms with Crippen LogP contribution in [0.4, 0.5) is 0 Å². The van der Waals surface area contributed by atoms with Gasteiger partial charge in [0.2, 0.25) is 0 Å². The lowest BCUT2D eigenvalue weighted by molar-refractivity contribution is -0.123. The fraction of sp³-hybridized carbons (Fsp3) is 0.294. The van der Waals surface area contributed by atoms with Crippen LogP contribution in [0.5, 0.6) is 0 Å². The summed E-state index contributed by atoms with van der Waals surface area (Å²) in [6.07, 6.45) is 1.69. The molecule has 0 bridgehead atoms. The van der Waals surface area contributed by atoms with Crippen LogP contribution >= 0.6 is 12.4 Å². The number of hydrogen-bond donors (Lipinski definition) is 1. The summed E-state index contributed by atoms with van der Waals surface area (Å²) in [5.74, 6) is -0.0987. The standard InChI is InChI=1S/C17H19N3O2.ClH/c21-17(13-20-8-10-22-11-9-20)19-18-12-15-6-3-5-14-4-1-2-7-16(14)15;/h1-7,12H,8-11,13H2,(H,19,21);1H. The van der Waals surface area contributed by atoms with Gasteiger partial charge in [-0.1, -0.05) is 42.5 Å². The van der Waals surface area contributed by atoms with E-state index in [1.807, 2.05) is 30.3 Å². The summed E-state index contributed by atoms with van der Waals surface area (Å²) in [4.78, 5) is 13.9. The summed E-state index contributed by atoms with van der Waals surface area (Å²) in [5.41, 5.74) is 3.58. The van der Waals surface area contributed by atoms with E-state index >= 15 is 0 Å². The van der Waals surface area contributed by atoms with Gasteiger partial charge in [0.25, 0.3) is 5.91 Å². The zero-order chi connectivity index (χ0) is 15.2. The van der Waals surface area contributed by atoms with Crippen LogP contribution in [0.2, 0.25) is 0 Å². The minimum atomic E-state index is -0.0987. The number of hydrogen-bond acceptors (Lipinski definition) is 4. The summed E-state index contributed by atoms with van der Waals surface area (Å²) in [7, 11) is 0. The number of fused-ring (bicyclic) bond motifs is 1. The number of ether oxygens (including phenoxy) is 1. The summed E-state index contributed by atoms with van der Waals surface area (Å²) >= 11 is 0. The van der Waals surface area contributed by atoms with Crippen LogP contribution in [0.1, 0.15) is 5.56 Å². The molecule has 23 heavy (non-hydrogen) atoms. The normalized spacial score (nSPS) is 15.5. The third-order valence-electron chi connectivity index (χ3n) is 3.69. The zero-order valence-electron chi connectivity index (χ0n) is 12.8. The molecule has 1 amide bonds. The molecule has 0 saturated carbocycles. The minimum Gasteiger partial charge on any atom is -0.379 e. The Morgan fingerprint density at radius 2 is 1.91 bits per heavy atom. The maximum absolute atomic E-state index is 11.9. The van der Waals surface area contributed by atoms with Crippen molar-refractivity contribution in [3.05, 3.63) is 48.0 Å². The number of benzene rings is 2. The third-order valence-corrected chi connectivity index (χ3v) is 3.69. The molecule has 3 rings (SSSR count). The van der Waals surface area contributed by atoms with Crippen molar-refractivity contribution in [2.45, 2.75) is 0 Å². The van der Waals surface area contributed by atoms with E-state index in [0.29, 0.717) is 19.8 Å². The Bertz CT molecular complexity index is 679. The molecule has 5 nitrogen and oxygen atoms in total. The summed E-state index contributed by atoms with van der Waals surface area (Å²) in [6, 6.07) is 14.1.